The Labute approximate surface area is 153 Å². The smallest absolute Gasteiger partial charge is 0.154 e. The van der Waals surface area contributed by atoms with Crippen LogP contribution in [0.2, 0.25) is 0 Å². The highest BCUT2D eigenvalue weighted by Gasteiger charge is 2.10. The van der Waals surface area contributed by atoms with E-state index < -0.39 is 12.5 Å². The van der Waals surface area contributed by atoms with Gasteiger partial charge in [-0.15, -0.1) is 0 Å². The maximum Gasteiger partial charge on any atom is 0.154 e. The molecule has 4 aromatic heterocycles. The zero-order valence-electron chi connectivity index (χ0n) is 14.7. The molecule has 6 nitrogen and oxygen atoms in total. The van der Waals surface area contributed by atoms with Crippen molar-refractivity contribution >= 4 is 17.2 Å². The topological polar surface area (TPSA) is 68.0 Å². The van der Waals surface area contributed by atoms with Crippen LogP contribution in [0.15, 0.2) is 42.7 Å². The number of nitrogens with one attached hydrogen (secondary N) is 1. The van der Waals surface area contributed by atoms with E-state index in [-0.39, 0.29) is 5.69 Å². The fourth-order valence-corrected chi connectivity index (χ4v) is 2.91. The van der Waals surface area contributed by atoms with E-state index in [4.69, 9.17) is 0 Å². The Morgan fingerprint density at radius 2 is 1.93 bits per heavy atom. The lowest BCUT2D eigenvalue weighted by atomic mass is 10.1. The van der Waals surface area contributed by atoms with Crippen molar-refractivity contribution in [2.45, 2.75) is 20.5 Å². The maximum absolute atomic E-state index is 14.1. The quantitative estimate of drug-likeness (QED) is 0.587. The van der Waals surface area contributed by atoms with Crippen LogP contribution >= 0.6 is 0 Å². The SMILES string of the molecule is Cc1cc(Nc2cc3cc(-c4cc(CF)ncc4F)ccn3n2)nc(C)n1. The highest BCUT2D eigenvalue weighted by Crippen LogP contribution is 2.26. The van der Waals surface area contributed by atoms with Gasteiger partial charge in [-0.2, -0.15) is 5.10 Å². The lowest BCUT2D eigenvalue weighted by Crippen LogP contribution is -1.99. The van der Waals surface area contributed by atoms with Crippen LogP contribution in [0.3, 0.4) is 0 Å². The number of aryl methyl sites for hydroxylation is 2. The number of pyridine rings is 2. The molecule has 0 saturated carbocycles. The lowest BCUT2D eigenvalue weighted by molar-refractivity contribution is 0.474. The fourth-order valence-electron chi connectivity index (χ4n) is 2.91. The maximum atomic E-state index is 14.1. The third kappa shape index (κ3) is 3.46. The third-order valence-corrected chi connectivity index (χ3v) is 4.05. The van der Waals surface area contributed by atoms with Crippen molar-refractivity contribution in [2.24, 2.45) is 0 Å². The zero-order chi connectivity index (χ0) is 19.0. The first-order valence-electron chi connectivity index (χ1n) is 8.31. The summed E-state index contributed by atoms with van der Waals surface area (Å²) < 4.78 is 28.6. The molecule has 0 aliphatic heterocycles. The van der Waals surface area contributed by atoms with Crippen LogP contribution in [-0.2, 0) is 6.67 Å². The van der Waals surface area contributed by atoms with Gasteiger partial charge in [-0.05, 0) is 37.6 Å². The summed E-state index contributed by atoms with van der Waals surface area (Å²) in [5.41, 5.74) is 2.73. The van der Waals surface area contributed by atoms with Crippen molar-refractivity contribution in [3.05, 3.63) is 65.8 Å². The van der Waals surface area contributed by atoms with E-state index in [1.165, 1.54) is 6.07 Å². The minimum absolute atomic E-state index is 0.191. The van der Waals surface area contributed by atoms with Gasteiger partial charge < -0.3 is 5.32 Å². The molecule has 4 rings (SSSR count). The first-order valence-corrected chi connectivity index (χ1v) is 8.31. The van der Waals surface area contributed by atoms with Crippen molar-refractivity contribution in [2.75, 3.05) is 5.32 Å². The van der Waals surface area contributed by atoms with Crippen molar-refractivity contribution in [1.82, 2.24) is 24.6 Å². The number of aromatic nitrogens is 5. The number of nitrogens with zero attached hydrogens (tertiary/aromatic N) is 5. The van der Waals surface area contributed by atoms with Crippen LogP contribution in [0.4, 0.5) is 20.4 Å². The van der Waals surface area contributed by atoms with E-state index in [9.17, 15) is 8.78 Å². The van der Waals surface area contributed by atoms with Crippen LogP contribution in [0.5, 0.6) is 0 Å². The van der Waals surface area contributed by atoms with Crippen molar-refractivity contribution in [1.29, 1.82) is 0 Å². The molecule has 1 N–H and O–H groups in total. The van der Waals surface area contributed by atoms with Gasteiger partial charge in [0.25, 0.3) is 0 Å². The van der Waals surface area contributed by atoms with Gasteiger partial charge in [-0.25, -0.2) is 23.3 Å². The minimum atomic E-state index is -0.742. The van der Waals surface area contributed by atoms with Crippen LogP contribution in [0.25, 0.3) is 16.6 Å². The monoisotopic (exact) mass is 366 g/mol. The fraction of sp³-hybridized carbons (Fsp3) is 0.158. The molecule has 136 valence electrons. The minimum Gasteiger partial charge on any atom is -0.323 e. The summed E-state index contributed by atoms with van der Waals surface area (Å²) >= 11 is 0. The number of rotatable bonds is 4. The second kappa shape index (κ2) is 6.71. The Morgan fingerprint density at radius 3 is 2.70 bits per heavy atom. The molecular weight excluding hydrogens is 350 g/mol. The van der Waals surface area contributed by atoms with Gasteiger partial charge in [0.1, 0.15) is 24.1 Å². The Hall–Kier alpha value is -3.42. The highest BCUT2D eigenvalue weighted by atomic mass is 19.1. The van der Waals surface area contributed by atoms with Crippen molar-refractivity contribution in [3.8, 4) is 11.1 Å². The normalized spacial score (nSPS) is 11.1. The number of hydrogen-bond donors (Lipinski definition) is 1. The molecule has 8 heteroatoms. The Bertz CT molecular complexity index is 1120. The summed E-state index contributed by atoms with van der Waals surface area (Å²) in [6.45, 7) is 2.97. The summed E-state index contributed by atoms with van der Waals surface area (Å²) in [7, 11) is 0. The van der Waals surface area contributed by atoms with Gasteiger partial charge in [-0.3, -0.25) is 4.98 Å². The third-order valence-electron chi connectivity index (χ3n) is 4.05. The largest absolute Gasteiger partial charge is 0.323 e. The molecule has 0 saturated heterocycles. The Balaban J connectivity index is 1.70. The Kier molecular flexibility index (Phi) is 4.23. The van der Waals surface area contributed by atoms with Crippen molar-refractivity contribution in [3.63, 3.8) is 0 Å². The van der Waals surface area contributed by atoms with Crippen LogP contribution in [0, 0.1) is 19.7 Å². The van der Waals surface area contributed by atoms with E-state index in [0.29, 0.717) is 28.6 Å². The summed E-state index contributed by atoms with van der Waals surface area (Å²) in [6, 6.07) is 8.58. The molecule has 0 aliphatic rings. The van der Waals surface area contributed by atoms with E-state index in [1.54, 1.807) is 22.8 Å². The van der Waals surface area contributed by atoms with E-state index in [1.807, 2.05) is 26.0 Å². The first kappa shape index (κ1) is 17.0. The molecule has 0 bridgehead atoms. The molecule has 0 fully saturated rings. The molecule has 4 aromatic rings. The van der Waals surface area contributed by atoms with Gasteiger partial charge >= 0.3 is 0 Å². The summed E-state index contributed by atoms with van der Waals surface area (Å²) in [6.07, 6.45) is 2.76. The zero-order valence-corrected chi connectivity index (χ0v) is 14.7. The number of anilines is 2. The van der Waals surface area contributed by atoms with Gasteiger partial charge in [-0.1, -0.05) is 0 Å². The lowest BCUT2D eigenvalue weighted by Gasteiger charge is -2.05. The molecule has 27 heavy (non-hydrogen) atoms. The average molecular weight is 366 g/mol. The van der Waals surface area contributed by atoms with E-state index in [0.717, 1.165) is 17.4 Å². The van der Waals surface area contributed by atoms with Gasteiger partial charge in [0.2, 0.25) is 0 Å². The van der Waals surface area contributed by atoms with E-state index in [2.05, 4.69) is 25.4 Å². The summed E-state index contributed by atoms with van der Waals surface area (Å²) in [4.78, 5) is 12.3. The molecule has 0 spiro atoms. The number of alkyl halides is 1. The highest BCUT2D eigenvalue weighted by molar-refractivity contribution is 5.71. The molecule has 0 atom stereocenters. The number of fused-ring (bicyclic) bond motifs is 1. The van der Waals surface area contributed by atoms with Gasteiger partial charge in [0.15, 0.2) is 5.82 Å². The Morgan fingerprint density at radius 1 is 1.07 bits per heavy atom. The molecule has 0 aliphatic carbocycles. The second-order valence-corrected chi connectivity index (χ2v) is 6.17. The standard InChI is InChI=1S/C19H16F2N6/c1-11-5-18(24-12(2)23-11)25-19-8-15-6-13(3-4-27(15)26-19)16-7-14(9-20)22-10-17(16)21/h3-8,10H,9H2,1-2H3,(H,23,24,25,26). The van der Waals surface area contributed by atoms with Crippen LogP contribution in [-0.4, -0.2) is 24.6 Å². The summed E-state index contributed by atoms with van der Waals surface area (Å²) in [5, 5.41) is 7.58. The number of halogens is 2. The van der Waals surface area contributed by atoms with Crippen molar-refractivity contribution < 1.29 is 8.78 Å². The van der Waals surface area contributed by atoms with Crippen LogP contribution < -0.4 is 5.32 Å². The predicted octanol–water partition coefficient (Wildman–Crippen LogP) is 4.16. The van der Waals surface area contributed by atoms with Gasteiger partial charge in [0, 0.05) is 29.6 Å². The average Bonchev–Trinajstić information content (AvgIpc) is 3.02. The second-order valence-electron chi connectivity index (χ2n) is 6.17. The predicted molar refractivity (Wildman–Crippen MR) is 98.0 cm³/mol. The first-order chi connectivity index (χ1) is 13.0. The number of hydrogen-bond acceptors (Lipinski definition) is 5. The van der Waals surface area contributed by atoms with Crippen LogP contribution in [0.1, 0.15) is 17.2 Å². The molecule has 0 radical (unpaired) electrons. The molecule has 0 aromatic carbocycles. The molecular formula is C19H16F2N6. The molecule has 0 unspecified atom stereocenters. The van der Waals surface area contributed by atoms with E-state index >= 15 is 0 Å². The molecule has 4 heterocycles. The molecule has 0 amide bonds. The van der Waals surface area contributed by atoms with Gasteiger partial charge in [0.05, 0.1) is 17.4 Å². The summed E-state index contributed by atoms with van der Waals surface area (Å²) in [5.74, 6) is 1.42.